The van der Waals surface area contributed by atoms with Crippen molar-refractivity contribution in [3.63, 3.8) is 0 Å². The Kier molecular flexibility index (Phi) is 5.16. The van der Waals surface area contributed by atoms with Crippen LogP contribution in [0.3, 0.4) is 0 Å². The van der Waals surface area contributed by atoms with Gasteiger partial charge >= 0.3 is 0 Å². The maximum atomic E-state index is 11.8. The van der Waals surface area contributed by atoms with E-state index >= 15 is 0 Å². The van der Waals surface area contributed by atoms with Gasteiger partial charge in [-0.25, -0.2) is 0 Å². The molecular formula is C14H16N2O3S. The molecule has 3 N–H and O–H groups in total. The van der Waals surface area contributed by atoms with Crippen LogP contribution in [0.2, 0.25) is 0 Å². The van der Waals surface area contributed by atoms with E-state index in [2.05, 4.69) is 22.5 Å². The summed E-state index contributed by atoms with van der Waals surface area (Å²) in [6.45, 7) is 0.506. The van der Waals surface area contributed by atoms with Gasteiger partial charge in [0.15, 0.2) is 0 Å². The highest BCUT2D eigenvalue weighted by Gasteiger charge is 2.26. The van der Waals surface area contributed by atoms with Crippen LogP contribution >= 0.6 is 11.3 Å². The van der Waals surface area contributed by atoms with Crippen molar-refractivity contribution in [3.05, 3.63) is 21.9 Å². The van der Waals surface area contributed by atoms with Crippen LogP contribution in [0, 0.1) is 11.8 Å². The summed E-state index contributed by atoms with van der Waals surface area (Å²) < 4.78 is 0. The summed E-state index contributed by atoms with van der Waals surface area (Å²) in [6, 6.07) is 3.42. The minimum absolute atomic E-state index is 0.0639. The molecular weight excluding hydrogens is 276 g/mol. The third-order valence-electron chi connectivity index (χ3n) is 2.86. The molecule has 1 saturated heterocycles. The van der Waals surface area contributed by atoms with E-state index in [0.29, 0.717) is 25.8 Å². The molecule has 2 heterocycles. The van der Waals surface area contributed by atoms with Crippen molar-refractivity contribution in [2.24, 2.45) is 0 Å². The Labute approximate surface area is 121 Å². The van der Waals surface area contributed by atoms with Crippen molar-refractivity contribution >= 4 is 23.2 Å². The van der Waals surface area contributed by atoms with E-state index in [1.54, 1.807) is 0 Å². The van der Waals surface area contributed by atoms with Crippen molar-refractivity contribution in [1.29, 1.82) is 0 Å². The van der Waals surface area contributed by atoms with Gasteiger partial charge in [0.2, 0.25) is 11.8 Å². The van der Waals surface area contributed by atoms with Crippen LogP contribution in [-0.2, 0) is 16.1 Å². The van der Waals surface area contributed by atoms with E-state index in [1.165, 1.54) is 11.3 Å². The summed E-state index contributed by atoms with van der Waals surface area (Å²) in [5, 5.41) is 14.1. The minimum atomic E-state index is -0.397. The molecule has 0 bridgehead atoms. The first-order valence-corrected chi connectivity index (χ1v) is 7.26. The highest BCUT2D eigenvalue weighted by atomic mass is 32.1. The lowest BCUT2D eigenvalue weighted by atomic mass is 10.2. The highest BCUT2D eigenvalue weighted by molar-refractivity contribution is 7.12. The fraction of sp³-hybridized carbons (Fsp3) is 0.429. The number of rotatable bonds is 4. The van der Waals surface area contributed by atoms with Gasteiger partial charge in [-0.05, 0) is 18.6 Å². The molecule has 1 atom stereocenters. The number of carbonyl (C=O) groups excluding carboxylic acids is 2. The van der Waals surface area contributed by atoms with E-state index in [0.717, 1.165) is 9.75 Å². The van der Waals surface area contributed by atoms with E-state index in [-0.39, 0.29) is 18.4 Å². The quantitative estimate of drug-likeness (QED) is 0.702. The Hall–Kier alpha value is -1.84. The lowest BCUT2D eigenvalue weighted by Crippen LogP contribution is -2.41. The van der Waals surface area contributed by atoms with Gasteiger partial charge in [0, 0.05) is 17.7 Å². The molecule has 0 radical (unpaired) electrons. The van der Waals surface area contributed by atoms with Gasteiger partial charge < -0.3 is 15.7 Å². The minimum Gasteiger partial charge on any atom is -0.395 e. The number of hydrogen-bond acceptors (Lipinski definition) is 4. The van der Waals surface area contributed by atoms with Crippen LogP contribution in [0.5, 0.6) is 0 Å². The lowest BCUT2D eigenvalue weighted by molar-refractivity contribution is -0.125. The van der Waals surface area contributed by atoms with Crippen LogP contribution < -0.4 is 10.6 Å². The number of aliphatic hydroxyl groups excluding tert-OH is 1. The van der Waals surface area contributed by atoms with E-state index in [1.807, 2.05) is 12.1 Å². The number of aliphatic hydroxyl groups is 1. The van der Waals surface area contributed by atoms with Gasteiger partial charge in [-0.15, -0.1) is 11.3 Å². The summed E-state index contributed by atoms with van der Waals surface area (Å²) in [4.78, 5) is 24.8. The Bertz CT molecular complexity index is 556. The molecule has 0 aliphatic carbocycles. The first-order chi connectivity index (χ1) is 9.69. The average Bonchev–Trinajstić information content (AvgIpc) is 3.05. The highest BCUT2D eigenvalue weighted by Crippen LogP contribution is 2.15. The van der Waals surface area contributed by atoms with Crippen molar-refractivity contribution in [2.45, 2.75) is 31.8 Å². The molecule has 1 aromatic heterocycles. The fourth-order valence-corrected chi connectivity index (χ4v) is 2.68. The van der Waals surface area contributed by atoms with Crippen molar-refractivity contribution in [2.75, 3.05) is 6.61 Å². The molecule has 6 heteroatoms. The maximum absolute atomic E-state index is 11.8. The topological polar surface area (TPSA) is 78.4 Å². The van der Waals surface area contributed by atoms with Crippen LogP contribution in [0.15, 0.2) is 12.1 Å². The van der Waals surface area contributed by atoms with Crippen LogP contribution in [0.4, 0.5) is 0 Å². The molecule has 1 fully saturated rings. The zero-order valence-electron chi connectivity index (χ0n) is 10.9. The summed E-state index contributed by atoms with van der Waals surface area (Å²) in [7, 11) is 0. The molecule has 1 unspecified atom stereocenters. The second-order valence-corrected chi connectivity index (χ2v) is 5.59. The Balaban J connectivity index is 1.81. The van der Waals surface area contributed by atoms with Crippen LogP contribution in [0.25, 0.3) is 0 Å². The average molecular weight is 292 g/mol. The molecule has 0 aromatic carbocycles. The molecule has 1 aliphatic heterocycles. The number of hydrogen-bond donors (Lipinski definition) is 3. The molecule has 1 aromatic rings. The second-order valence-electron chi connectivity index (χ2n) is 4.42. The third-order valence-corrected chi connectivity index (χ3v) is 3.86. The van der Waals surface area contributed by atoms with Crippen molar-refractivity contribution in [3.8, 4) is 11.8 Å². The van der Waals surface area contributed by atoms with Crippen LogP contribution in [-0.4, -0.2) is 29.6 Å². The number of carbonyl (C=O) groups is 2. The first-order valence-electron chi connectivity index (χ1n) is 6.44. The van der Waals surface area contributed by atoms with Gasteiger partial charge in [0.25, 0.3) is 0 Å². The molecule has 106 valence electrons. The van der Waals surface area contributed by atoms with Gasteiger partial charge in [-0.3, -0.25) is 9.59 Å². The Morgan fingerprint density at radius 3 is 3.10 bits per heavy atom. The second kappa shape index (κ2) is 7.08. The summed E-state index contributed by atoms with van der Waals surface area (Å²) in [5.74, 6) is 5.60. The molecule has 0 spiro atoms. The Morgan fingerprint density at radius 2 is 2.40 bits per heavy atom. The predicted molar refractivity (Wildman–Crippen MR) is 75.9 cm³/mol. The lowest BCUT2D eigenvalue weighted by Gasteiger charge is -2.09. The zero-order chi connectivity index (χ0) is 14.4. The third kappa shape index (κ3) is 4.08. The molecule has 20 heavy (non-hydrogen) atoms. The van der Waals surface area contributed by atoms with Gasteiger partial charge in [0.05, 0.1) is 18.0 Å². The Morgan fingerprint density at radius 1 is 1.55 bits per heavy atom. The van der Waals surface area contributed by atoms with E-state index in [4.69, 9.17) is 5.11 Å². The fourth-order valence-electron chi connectivity index (χ4n) is 1.85. The van der Waals surface area contributed by atoms with E-state index < -0.39 is 6.04 Å². The zero-order valence-corrected chi connectivity index (χ0v) is 11.8. The number of amides is 2. The smallest absolute Gasteiger partial charge is 0.242 e. The molecule has 5 nitrogen and oxygen atoms in total. The molecule has 2 rings (SSSR count). The summed E-state index contributed by atoms with van der Waals surface area (Å²) in [5.41, 5.74) is 0. The number of thiophene rings is 1. The van der Waals surface area contributed by atoms with Crippen molar-refractivity contribution < 1.29 is 14.7 Å². The normalized spacial score (nSPS) is 17.2. The van der Waals surface area contributed by atoms with Crippen molar-refractivity contribution in [1.82, 2.24) is 10.6 Å². The SMILES string of the molecule is O=C1CCC(C(=O)NCc2ccc(C#CCCO)s2)N1. The summed E-state index contributed by atoms with van der Waals surface area (Å²) >= 11 is 1.51. The monoisotopic (exact) mass is 292 g/mol. The maximum Gasteiger partial charge on any atom is 0.242 e. The van der Waals surface area contributed by atoms with Gasteiger partial charge in [0.1, 0.15) is 6.04 Å². The van der Waals surface area contributed by atoms with Crippen LogP contribution in [0.1, 0.15) is 29.0 Å². The first kappa shape index (κ1) is 14.6. The standard InChI is InChI=1S/C14H16N2O3S/c17-8-2-1-3-10-4-5-11(20-10)9-15-14(19)12-6-7-13(18)16-12/h4-5,12,17H,2,6-9H2,(H,15,19)(H,16,18). The predicted octanol–water partition coefficient (Wildman–Crippen LogP) is 0.377. The van der Waals surface area contributed by atoms with E-state index in [9.17, 15) is 9.59 Å². The summed E-state index contributed by atoms with van der Waals surface area (Å²) in [6.07, 6.45) is 1.44. The van der Waals surface area contributed by atoms with Gasteiger partial charge in [-0.2, -0.15) is 0 Å². The van der Waals surface area contributed by atoms with Gasteiger partial charge in [-0.1, -0.05) is 11.8 Å². The molecule has 2 amide bonds. The molecule has 0 saturated carbocycles. The largest absolute Gasteiger partial charge is 0.395 e. The number of nitrogens with one attached hydrogen (secondary N) is 2. The molecule has 1 aliphatic rings.